The summed E-state index contributed by atoms with van der Waals surface area (Å²) in [6.45, 7) is 1.93. The lowest BCUT2D eigenvalue weighted by molar-refractivity contribution is 0.484. The van der Waals surface area contributed by atoms with E-state index in [-0.39, 0.29) is 0 Å². The minimum Gasteiger partial charge on any atom is -0.454 e. The molecule has 0 radical (unpaired) electrons. The Kier molecular flexibility index (Phi) is 2.97. The highest BCUT2D eigenvalue weighted by Gasteiger charge is 2.06. The van der Waals surface area contributed by atoms with Gasteiger partial charge in [-0.3, -0.25) is 4.98 Å². The molecule has 0 saturated heterocycles. The van der Waals surface area contributed by atoms with Gasteiger partial charge in [0.2, 0.25) is 0 Å². The van der Waals surface area contributed by atoms with E-state index in [9.17, 15) is 0 Å². The number of ether oxygens (including phenoxy) is 1. The molecule has 0 fully saturated rings. The van der Waals surface area contributed by atoms with Crippen LogP contribution in [0.5, 0.6) is 11.5 Å². The van der Waals surface area contributed by atoms with Gasteiger partial charge in [0.05, 0.1) is 5.69 Å². The maximum Gasteiger partial charge on any atom is 0.150 e. The quantitative estimate of drug-likeness (QED) is 0.810. The fourth-order valence-corrected chi connectivity index (χ4v) is 1.46. The van der Waals surface area contributed by atoms with Crippen LogP contribution in [0.15, 0.2) is 36.7 Å². The number of para-hydroxylation sites is 1. The van der Waals surface area contributed by atoms with E-state index in [0.29, 0.717) is 22.2 Å². The van der Waals surface area contributed by atoms with E-state index in [4.69, 9.17) is 22.1 Å². The summed E-state index contributed by atoms with van der Waals surface area (Å²) in [6.07, 6.45) is 3.15. The van der Waals surface area contributed by atoms with Crippen LogP contribution in [0.3, 0.4) is 0 Å². The topological polar surface area (TPSA) is 48.1 Å². The second kappa shape index (κ2) is 4.41. The number of halogens is 1. The van der Waals surface area contributed by atoms with Gasteiger partial charge in [0.25, 0.3) is 0 Å². The molecule has 2 rings (SSSR count). The summed E-state index contributed by atoms with van der Waals surface area (Å²) >= 11 is 5.94. The van der Waals surface area contributed by atoms with Gasteiger partial charge < -0.3 is 10.5 Å². The average molecular weight is 235 g/mol. The smallest absolute Gasteiger partial charge is 0.150 e. The highest BCUT2D eigenvalue weighted by Crippen LogP contribution is 2.32. The van der Waals surface area contributed by atoms with Crippen LogP contribution in [0.4, 0.5) is 5.69 Å². The zero-order chi connectivity index (χ0) is 11.5. The van der Waals surface area contributed by atoms with Gasteiger partial charge in [-0.15, -0.1) is 0 Å². The van der Waals surface area contributed by atoms with E-state index in [0.717, 1.165) is 5.56 Å². The van der Waals surface area contributed by atoms with Crippen molar-refractivity contribution < 1.29 is 4.74 Å². The SMILES string of the molecule is Cc1cccc(Oc2ccncc2Cl)c1N. The van der Waals surface area contributed by atoms with Crippen molar-refractivity contribution in [2.24, 2.45) is 0 Å². The van der Waals surface area contributed by atoms with Crippen LogP contribution in [-0.2, 0) is 0 Å². The number of nitrogen functional groups attached to an aromatic ring is 1. The minimum atomic E-state index is 0.461. The van der Waals surface area contributed by atoms with Crippen LogP contribution < -0.4 is 10.5 Å². The molecule has 0 atom stereocenters. The molecule has 0 unspecified atom stereocenters. The third-order valence-corrected chi connectivity index (χ3v) is 2.52. The zero-order valence-electron chi connectivity index (χ0n) is 8.77. The first-order valence-electron chi connectivity index (χ1n) is 4.81. The Morgan fingerprint density at radius 2 is 2.06 bits per heavy atom. The van der Waals surface area contributed by atoms with Gasteiger partial charge in [-0.2, -0.15) is 0 Å². The van der Waals surface area contributed by atoms with E-state index < -0.39 is 0 Å². The molecule has 0 aliphatic rings. The van der Waals surface area contributed by atoms with E-state index in [2.05, 4.69) is 4.98 Å². The summed E-state index contributed by atoms with van der Waals surface area (Å²) in [7, 11) is 0. The highest BCUT2D eigenvalue weighted by atomic mass is 35.5. The van der Waals surface area contributed by atoms with Gasteiger partial charge in [0.15, 0.2) is 5.75 Å². The van der Waals surface area contributed by atoms with E-state index in [1.165, 1.54) is 6.20 Å². The molecule has 2 aromatic rings. The molecular weight excluding hydrogens is 224 g/mol. The van der Waals surface area contributed by atoms with Gasteiger partial charge in [0, 0.05) is 18.5 Å². The normalized spacial score (nSPS) is 10.1. The molecule has 0 saturated carbocycles. The molecule has 0 aliphatic heterocycles. The van der Waals surface area contributed by atoms with Crippen molar-refractivity contribution >= 4 is 17.3 Å². The Morgan fingerprint density at radius 1 is 1.25 bits per heavy atom. The lowest BCUT2D eigenvalue weighted by Crippen LogP contribution is -1.95. The largest absolute Gasteiger partial charge is 0.454 e. The maximum absolute atomic E-state index is 5.94. The summed E-state index contributed by atoms with van der Waals surface area (Å²) in [4.78, 5) is 3.88. The average Bonchev–Trinajstić information content (AvgIpc) is 2.28. The number of rotatable bonds is 2. The van der Waals surface area contributed by atoms with Crippen LogP contribution in [-0.4, -0.2) is 4.98 Å². The summed E-state index contributed by atoms with van der Waals surface area (Å²) in [5.74, 6) is 1.15. The molecule has 1 heterocycles. The van der Waals surface area contributed by atoms with Gasteiger partial charge in [-0.1, -0.05) is 23.7 Å². The van der Waals surface area contributed by atoms with Crippen LogP contribution >= 0.6 is 11.6 Å². The van der Waals surface area contributed by atoms with Crippen molar-refractivity contribution in [3.05, 3.63) is 47.2 Å². The second-order valence-electron chi connectivity index (χ2n) is 3.39. The number of nitrogens with zero attached hydrogens (tertiary/aromatic N) is 1. The fraction of sp³-hybridized carbons (Fsp3) is 0.0833. The van der Waals surface area contributed by atoms with Gasteiger partial charge in [0.1, 0.15) is 10.8 Å². The summed E-state index contributed by atoms with van der Waals surface area (Å²) in [6, 6.07) is 7.32. The maximum atomic E-state index is 5.94. The number of anilines is 1. The Morgan fingerprint density at radius 3 is 2.81 bits per heavy atom. The number of benzene rings is 1. The standard InChI is InChI=1S/C12H11ClN2O/c1-8-3-2-4-11(12(8)14)16-10-5-6-15-7-9(10)13/h2-7H,14H2,1H3. The Balaban J connectivity index is 2.35. The first-order chi connectivity index (χ1) is 7.68. The number of hydrogen-bond acceptors (Lipinski definition) is 3. The van der Waals surface area contributed by atoms with Crippen molar-refractivity contribution in [1.29, 1.82) is 0 Å². The first kappa shape index (κ1) is 10.8. The molecule has 4 heteroatoms. The molecule has 0 amide bonds. The Hall–Kier alpha value is -1.74. The predicted molar refractivity (Wildman–Crippen MR) is 64.9 cm³/mol. The summed E-state index contributed by atoms with van der Waals surface area (Å²) < 4.78 is 5.62. The summed E-state index contributed by atoms with van der Waals surface area (Å²) in [5.41, 5.74) is 7.49. The Bertz CT molecular complexity index is 514. The molecule has 3 nitrogen and oxygen atoms in total. The highest BCUT2D eigenvalue weighted by molar-refractivity contribution is 6.31. The molecule has 0 bridgehead atoms. The van der Waals surface area contributed by atoms with Crippen molar-refractivity contribution in [1.82, 2.24) is 4.98 Å². The van der Waals surface area contributed by atoms with Crippen molar-refractivity contribution in [3.63, 3.8) is 0 Å². The predicted octanol–water partition coefficient (Wildman–Crippen LogP) is 3.42. The third-order valence-electron chi connectivity index (χ3n) is 2.24. The minimum absolute atomic E-state index is 0.461. The number of nitrogens with two attached hydrogens (primary N) is 1. The van der Waals surface area contributed by atoms with E-state index >= 15 is 0 Å². The van der Waals surface area contributed by atoms with Gasteiger partial charge in [-0.05, 0) is 18.6 Å². The first-order valence-corrected chi connectivity index (χ1v) is 5.18. The van der Waals surface area contributed by atoms with Gasteiger partial charge in [-0.25, -0.2) is 0 Å². The zero-order valence-corrected chi connectivity index (χ0v) is 9.53. The van der Waals surface area contributed by atoms with Crippen LogP contribution in [0.2, 0.25) is 5.02 Å². The monoisotopic (exact) mass is 234 g/mol. The van der Waals surface area contributed by atoms with E-state index in [1.807, 2.05) is 19.1 Å². The van der Waals surface area contributed by atoms with Crippen molar-refractivity contribution in [2.75, 3.05) is 5.73 Å². The van der Waals surface area contributed by atoms with Gasteiger partial charge >= 0.3 is 0 Å². The van der Waals surface area contributed by atoms with Crippen LogP contribution in [0.1, 0.15) is 5.56 Å². The molecule has 16 heavy (non-hydrogen) atoms. The molecular formula is C12H11ClN2O. The molecule has 82 valence electrons. The number of hydrogen-bond donors (Lipinski definition) is 1. The van der Waals surface area contributed by atoms with Crippen LogP contribution in [0.25, 0.3) is 0 Å². The number of aromatic nitrogens is 1. The summed E-state index contributed by atoms with van der Waals surface area (Å²) in [5, 5.41) is 0.461. The molecule has 0 aliphatic carbocycles. The lowest BCUT2D eigenvalue weighted by atomic mass is 10.2. The molecule has 2 N–H and O–H groups in total. The van der Waals surface area contributed by atoms with Crippen LogP contribution in [0, 0.1) is 6.92 Å². The van der Waals surface area contributed by atoms with E-state index in [1.54, 1.807) is 18.3 Å². The number of pyridine rings is 1. The molecule has 1 aromatic heterocycles. The number of aryl methyl sites for hydroxylation is 1. The molecule has 0 spiro atoms. The van der Waals surface area contributed by atoms with Crippen molar-refractivity contribution in [2.45, 2.75) is 6.92 Å². The van der Waals surface area contributed by atoms with Crippen molar-refractivity contribution in [3.8, 4) is 11.5 Å². The Labute approximate surface area is 98.8 Å². The second-order valence-corrected chi connectivity index (χ2v) is 3.80. The molecule has 1 aromatic carbocycles. The third kappa shape index (κ3) is 2.09. The lowest BCUT2D eigenvalue weighted by Gasteiger charge is -2.10. The fourth-order valence-electron chi connectivity index (χ4n) is 1.31.